The molecule has 0 aliphatic heterocycles. The van der Waals surface area contributed by atoms with Crippen molar-refractivity contribution in [1.29, 1.82) is 0 Å². The van der Waals surface area contributed by atoms with Crippen LogP contribution in [-0.4, -0.2) is 23.9 Å². The summed E-state index contributed by atoms with van der Waals surface area (Å²) < 4.78 is 0. The minimum atomic E-state index is -0.555. The molecule has 17 heavy (non-hydrogen) atoms. The highest BCUT2D eigenvalue weighted by Crippen LogP contribution is 2.09. The first-order valence-corrected chi connectivity index (χ1v) is 6.17. The van der Waals surface area contributed by atoms with Crippen molar-refractivity contribution in [3.8, 4) is 0 Å². The van der Waals surface area contributed by atoms with E-state index in [1.807, 2.05) is 0 Å². The third kappa shape index (κ3) is 9.81. The molecule has 0 atom stereocenters. The average molecular weight is 243 g/mol. The van der Waals surface area contributed by atoms with Crippen molar-refractivity contribution in [2.24, 2.45) is 11.5 Å². The van der Waals surface area contributed by atoms with Gasteiger partial charge in [-0.15, -0.1) is 0 Å². The number of unbranched alkanes of at least 4 members (excludes halogenated alkanes) is 3. The van der Waals surface area contributed by atoms with Gasteiger partial charge in [0.1, 0.15) is 0 Å². The minimum absolute atomic E-state index is 0.0241. The maximum Gasteiger partial charge on any atom is 0.220 e. The van der Waals surface area contributed by atoms with Crippen LogP contribution >= 0.6 is 0 Å². The van der Waals surface area contributed by atoms with Crippen LogP contribution in [0.4, 0.5) is 0 Å². The zero-order chi connectivity index (χ0) is 13.3. The molecular weight excluding hydrogens is 218 g/mol. The smallest absolute Gasteiger partial charge is 0.220 e. The lowest BCUT2D eigenvalue weighted by Crippen LogP contribution is -2.45. The van der Waals surface area contributed by atoms with Crippen molar-refractivity contribution in [2.75, 3.05) is 6.54 Å². The van der Waals surface area contributed by atoms with E-state index in [9.17, 15) is 9.59 Å². The fourth-order valence-electron chi connectivity index (χ4n) is 1.70. The molecule has 0 aromatic carbocycles. The molecule has 0 fully saturated rings. The van der Waals surface area contributed by atoms with Gasteiger partial charge in [-0.25, -0.2) is 0 Å². The lowest BCUT2D eigenvalue weighted by molar-refractivity contribution is -0.124. The van der Waals surface area contributed by atoms with Crippen LogP contribution in [0.3, 0.4) is 0 Å². The lowest BCUT2D eigenvalue weighted by Gasteiger charge is -2.24. The third-order valence-electron chi connectivity index (χ3n) is 2.45. The highest BCUT2D eigenvalue weighted by atomic mass is 16.2. The molecule has 0 rings (SSSR count). The number of hydrogen-bond acceptors (Lipinski definition) is 3. The van der Waals surface area contributed by atoms with E-state index in [2.05, 4.69) is 5.32 Å². The Balaban J connectivity index is 3.73. The Morgan fingerprint density at radius 3 is 2.24 bits per heavy atom. The summed E-state index contributed by atoms with van der Waals surface area (Å²) in [6.45, 7) is 4.30. The summed E-state index contributed by atoms with van der Waals surface area (Å²) in [5, 5.41) is 2.81. The molecule has 0 aromatic heterocycles. The summed E-state index contributed by atoms with van der Waals surface area (Å²) in [5.41, 5.74) is 9.93. The van der Waals surface area contributed by atoms with Crippen molar-refractivity contribution in [3.05, 3.63) is 0 Å². The van der Waals surface area contributed by atoms with E-state index in [0.29, 0.717) is 13.0 Å². The number of nitrogens with two attached hydrogens (primary N) is 2. The number of rotatable bonds is 9. The van der Waals surface area contributed by atoms with Gasteiger partial charge in [0, 0.05) is 18.4 Å². The highest BCUT2D eigenvalue weighted by Gasteiger charge is 2.22. The monoisotopic (exact) mass is 243 g/mol. The van der Waals surface area contributed by atoms with Crippen molar-refractivity contribution in [3.63, 3.8) is 0 Å². The summed E-state index contributed by atoms with van der Waals surface area (Å²) >= 11 is 0. The van der Waals surface area contributed by atoms with E-state index in [-0.39, 0.29) is 12.3 Å². The van der Waals surface area contributed by atoms with E-state index in [1.165, 1.54) is 0 Å². The second-order valence-corrected chi connectivity index (χ2v) is 5.03. The first-order chi connectivity index (χ1) is 7.87. The van der Waals surface area contributed by atoms with E-state index in [0.717, 1.165) is 25.7 Å². The molecule has 0 spiro atoms. The second-order valence-electron chi connectivity index (χ2n) is 5.03. The molecule has 0 heterocycles. The summed E-state index contributed by atoms with van der Waals surface area (Å²) in [7, 11) is 0. The predicted molar refractivity (Wildman–Crippen MR) is 68.2 cm³/mol. The van der Waals surface area contributed by atoms with Gasteiger partial charge in [0.05, 0.1) is 0 Å². The van der Waals surface area contributed by atoms with Gasteiger partial charge in [-0.05, 0) is 33.2 Å². The Labute approximate surface area is 103 Å². The predicted octanol–water partition coefficient (Wildman–Crippen LogP) is 0.666. The summed E-state index contributed by atoms with van der Waals surface area (Å²) in [4.78, 5) is 22.4. The van der Waals surface area contributed by atoms with Crippen LogP contribution in [0.1, 0.15) is 52.4 Å². The quantitative estimate of drug-likeness (QED) is 0.519. The third-order valence-corrected chi connectivity index (χ3v) is 2.45. The molecule has 100 valence electrons. The van der Waals surface area contributed by atoms with Crippen LogP contribution in [0, 0.1) is 0 Å². The Kier molecular flexibility index (Phi) is 7.54. The summed E-state index contributed by atoms with van der Waals surface area (Å²) in [6, 6.07) is 0. The first-order valence-electron chi connectivity index (χ1n) is 6.17. The fraction of sp³-hybridized carbons (Fsp3) is 0.833. The molecule has 0 aromatic rings. The summed E-state index contributed by atoms with van der Waals surface area (Å²) in [5.74, 6) is -0.428. The van der Waals surface area contributed by atoms with Crippen molar-refractivity contribution < 1.29 is 9.59 Å². The molecule has 0 aliphatic carbocycles. The van der Waals surface area contributed by atoms with Crippen molar-refractivity contribution in [1.82, 2.24) is 5.32 Å². The van der Waals surface area contributed by atoms with E-state index in [1.54, 1.807) is 13.8 Å². The zero-order valence-corrected chi connectivity index (χ0v) is 10.9. The van der Waals surface area contributed by atoms with Crippen LogP contribution in [0.5, 0.6) is 0 Å². The molecule has 0 saturated heterocycles. The molecular formula is C12H25N3O2. The molecule has 0 saturated carbocycles. The number of carbonyl (C=O) groups is 2. The Morgan fingerprint density at radius 1 is 1.12 bits per heavy atom. The van der Waals surface area contributed by atoms with Gasteiger partial charge in [0.25, 0.3) is 0 Å². The molecule has 2 amide bonds. The fourth-order valence-corrected chi connectivity index (χ4v) is 1.70. The Morgan fingerprint density at radius 2 is 1.71 bits per heavy atom. The maximum absolute atomic E-state index is 11.6. The molecule has 0 radical (unpaired) electrons. The van der Waals surface area contributed by atoms with Gasteiger partial charge in [-0.2, -0.15) is 0 Å². The van der Waals surface area contributed by atoms with Gasteiger partial charge < -0.3 is 16.8 Å². The van der Waals surface area contributed by atoms with Gasteiger partial charge in [-0.3, -0.25) is 9.59 Å². The average Bonchev–Trinajstić information content (AvgIpc) is 2.14. The molecule has 5 N–H and O–H groups in total. The zero-order valence-electron chi connectivity index (χ0n) is 10.9. The normalized spacial score (nSPS) is 11.2. The van der Waals surface area contributed by atoms with E-state index < -0.39 is 11.4 Å². The van der Waals surface area contributed by atoms with Gasteiger partial charge in [0.2, 0.25) is 11.8 Å². The molecule has 0 unspecified atom stereocenters. The van der Waals surface area contributed by atoms with Crippen LogP contribution in [0.15, 0.2) is 0 Å². The molecule has 5 nitrogen and oxygen atoms in total. The lowest BCUT2D eigenvalue weighted by atomic mass is 10.00. The van der Waals surface area contributed by atoms with Crippen LogP contribution in [0.25, 0.3) is 0 Å². The summed E-state index contributed by atoms with van der Waals surface area (Å²) in [6.07, 6.45) is 4.60. The minimum Gasteiger partial charge on any atom is -0.370 e. The Bertz CT molecular complexity index is 252. The van der Waals surface area contributed by atoms with Gasteiger partial charge in [-0.1, -0.05) is 12.8 Å². The molecule has 0 bridgehead atoms. The van der Waals surface area contributed by atoms with Gasteiger partial charge in [0.15, 0.2) is 0 Å². The van der Waals surface area contributed by atoms with Crippen LogP contribution in [-0.2, 0) is 9.59 Å². The number of hydrogen-bond donors (Lipinski definition) is 3. The largest absolute Gasteiger partial charge is 0.370 e. The van der Waals surface area contributed by atoms with E-state index in [4.69, 9.17) is 11.5 Å². The van der Waals surface area contributed by atoms with Crippen molar-refractivity contribution >= 4 is 11.8 Å². The van der Waals surface area contributed by atoms with Crippen molar-refractivity contribution in [2.45, 2.75) is 57.9 Å². The Hall–Kier alpha value is -1.10. The van der Waals surface area contributed by atoms with Gasteiger partial charge >= 0.3 is 0 Å². The maximum atomic E-state index is 11.6. The number of amides is 2. The first kappa shape index (κ1) is 15.9. The molecule has 0 aliphatic rings. The topological polar surface area (TPSA) is 98.2 Å². The molecule has 5 heteroatoms. The van der Waals surface area contributed by atoms with E-state index >= 15 is 0 Å². The SMILES string of the molecule is CC(C)(CC(N)=O)NC(=O)CCCCCCN. The number of primary amides is 1. The number of carbonyl (C=O) groups excluding carboxylic acids is 2. The standard InChI is InChI=1S/C12H25N3O2/c1-12(2,9-10(14)16)15-11(17)7-5-3-4-6-8-13/h3-9,13H2,1-2H3,(H2,14,16)(H,15,17). The van der Waals surface area contributed by atoms with Crippen LogP contribution < -0.4 is 16.8 Å². The highest BCUT2D eigenvalue weighted by molar-refractivity contribution is 5.79. The number of nitrogens with one attached hydrogen (secondary N) is 1. The second kappa shape index (κ2) is 8.06. The van der Waals surface area contributed by atoms with Crippen LogP contribution in [0.2, 0.25) is 0 Å².